The molecule has 1 amide bonds. The number of amides is 1. The van der Waals surface area contributed by atoms with E-state index in [0.717, 1.165) is 54.6 Å². The van der Waals surface area contributed by atoms with Crippen LogP contribution in [-0.2, 0) is 11.3 Å². The van der Waals surface area contributed by atoms with Crippen LogP contribution in [0.15, 0.2) is 29.4 Å². The lowest BCUT2D eigenvalue weighted by Gasteiger charge is -2.13. The zero-order valence-electron chi connectivity index (χ0n) is 14.0. The van der Waals surface area contributed by atoms with E-state index in [-0.39, 0.29) is 11.2 Å². The van der Waals surface area contributed by atoms with Crippen molar-refractivity contribution in [2.24, 2.45) is 0 Å². The first-order valence-electron chi connectivity index (χ1n) is 8.25. The second kappa shape index (κ2) is 7.70. The quantitative estimate of drug-likeness (QED) is 0.901. The molecule has 0 aliphatic carbocycles. The summed E-state index contributed by atoms with van der Waals surface area (Å²) < 4.78 is 7.26. The fourth-order valence-corrected chi connectivity index (χ4v) is 3.93. The van der Waals surface area contributed by atoms with E-state index in [1.807, 2.05) is 24.3 Å². The van der Waals surface area contributed by atoms with E-state index >= 15 is 0 Å². The second-order valence-corrected chi connectivity index (χ2v) is 6.84. The lowest BCUT2D eigenvalue weighted by Crippen LogP contribution is -2.30. The number of carbonyl (C=O) groups is 1. The predicted octanol–water partition coefficient (Wildman–Crippen LogP) is 2.73. The molecule has 24 heavy (non-hydrogen) atoms. The lowest BCUT2D eigenvalue weighted by atomic mass is 10.2. The number of ether oxygens (including phenoxy) is 1. The summed E-state index contributed by atoms with van der Waals surface area (Å²) in [6.07, 6.45) is 2.98. The van der Waals surface area contributed by atoms with Crippen molar-refractivity contribution in [2.45, 2.75) is 43.1 Å². The number of aromatic nitrogens is 3. The molecule has 0 bridgehead atoms. The third-order valence-electron chi connectivity index (χ3n) is 4.11. The summed E-state index contributed by atoms with van der Waals surface area (Å²) in [5.41, 5.74) is 0.988. The van der Waals surface area contributed by atoms with Crippen molar-refractivity contribution in [3.05, 3.63) is 24.3 Å². The van der Waals surface area contributed by atoms with Crippen LogP contribution >= 0.6 is 11.8 Å². The molecule has 0 radical (unpaired) electrons. The third kappa shape index (κ3) is 3.56. The van der Waals surface area contributed by atoms with Gasteiger partial charge in [0.2, 0.25) is 5.91 Å². The zero-order chi connectivity index (χ0) is 16.9. The van der Waals surface area contributed by atoms with Crippen molar-refractivity contribution in [2.75, 3.05) is 13.7 Å². The Labute approximate surface area is 146 Å². The number of hydrogen-bond donors (Lipinski definition) is 1. The highest BCUT2D eigenvalue weighted by Crippen LogP contribution is 2.30. The molecule has 6 nitrogen and oxygen atoms in total. The second-order valence-electron chi connectivity index (χ2n) is 5.67. The number of carbonyl (C=O) groups excluding carboxylic acids is 1. The number of nitrogens with one attached hydrogen (secondary N) is 1. The van der Waals surface area contributed by atoms with E-state index in [2.05, 4.69) is 27.0 Å². The van der Waals surface area contributed by atoms with Crippen molar-refractivity contribution >= 4 is 17.7 Å². The van der Waals surface area contributed by atoms with Crippen LogP contribution in [0.5, 0.6) is 5.75 Å². The molecule has 0 saturated carbocycles. The van der Waals surface area contributed by atoms with Crippen LogP contribution in [0, 0.1) is 0 Å². The Kier molecular flexibility index (Phi) is 5.40. The van der Waals surface area contributed by atoms with Crippen LogP contribution in [0.2, 0.25) is 0 Å². The molecular weight excluding hydrogens is 324 g/mol. The van der Waals surface area contributed by atoms with E-state index < -0.39 is 0 Å². The Bertz CT molecular complexity index is 699. The fraction of sp³-hybridized carbons (Fsp3) is 0.471. The van der Waals surface area contributed by atoms with Crippen molar-refractivity contribution in [1.29, 1.82) is 0 Å². The molecule has 1 fully saturated rings. The van der Waals surface area contributed by atoms with Gasteiger partial charge in [0.15, 0.2) is 11.0 Å². The Hall–Kier alpha value is -2.02. The Morgan fingerprint density at radius 3 is 2.79 bits per heavy atom. The SMILES string of the molecule is CCn1c(S[C@@H]2CCCCNC2=O)nnc1-c1ccc(OC)cc1. The van der Waals surface area contributed by atoms with Crippen molar-refractivity contribution < 1.29 is 9.53 Å². The molecule has 128 valence electrons. The maximum Gasteiger partial charge on any atom is 0.233 e. The van der Waals surface area contributed by atoms with E-state index in [1.54, 1.807) is 7.11 Å². The minimum absolute atomic E-state index is 0.0919. The van der Waals surface area contributed by atoms with Crippen molar-refractivity contribution in [1.82, 2.24) is 20.1 Å². The topological polar surface area (TPSA) is 69.0 Å². The first-order chi connectivity index (χ1) is 11.7. The maximum atomic E-state index is 12.2. The standard InChI is InChI=1S/C17H22N4O2S/c1-3-21-15(12-7-9-13(23-2)10-8-12)19-20-17(21)24-14-6-4-5-11-18-16(14)22/h7-10,14H,3-6,11H2,1-2H3,(H,18,22)/t14-/m1/s1. The van der Waals surface area contributed by atoms with Crippen LogP contribution in [0.3, 0.4) is 0 Å². The Morgan fingerprint density at radius 1 is 1.29 bits per heavy atom. The van der Waals surface area contributed by atoms with Gasteiger partial charge in [0.25, 0.3) is 0 Å². The number of nitrogens with zero attached hydrogens (tertiary/aromatic N) is 3. The van der Waals surface area contributed by atoms with Crippen molar-refractivity contribution in [3.63, 3.8) is 0 Å². The van der Waals surface area contributed by atoms with Gasteiger partial charge in [-0.05, 0) is 44.0 Å². The molecule has 1 atom stereocenters. The van der Waals surface area contributed by atoms with Gasteiger partial charge < -0.3 is 14.6 Å². The average Bonchev–Trinajstić information content (AvgIpc) is 2.91. The first-order valence-corrected chi connectivity index (χ1v) is 9.13. The molecule has 2 heterocycles. The van der Waals surface area contributed by atoms with Gasteiger partial charge in [0.05, 0.1) is 12.4 Å². The lowest BCUT2D eigenvalue weighted by molar-refractivity contribution is -0.120. The first kappa shape index (κ1) is 16.8. The third-order valence-corrected chi connectivity index (χ3v) is 5.36. The van der Waals surface area contributed by atoms with Gasteiger partial charge in [-0.3, -0.25) is 4.79 Å². The van der Waals surface area contributed by atoms with Gasteiger partial charge in [-0.1, -0.05) is 18.2 Å². The molecule has 1 saturated heterocycles. The summed E-state index contributed by atoms with van der Waals surface area (Å²) >= 11 is 1.51. The largest absolute Gasteiger partial charge is 0.497 e. The fourth-order valence-electron chi connectivity index (χ4n) is 2.77. The van der Waals surface area contributed by atoms with Crippen LogP contribution in [0.25, 0.3) is 11.4 Å². The summed E-state index contributed by atoms with van der Waals surface area (Å²) in [7, 11) is 1.65. The van der Waals surface area contributed by atoms with E-state index in [1.165, 1.54) is 11.8 Å². The number of rotatable bonds is 5. The molecule has 1 aromatic heterocycles. The Morgan fingerprint density at radius 2 is 2.08 bits per heavy atom. The summed E-state index contributed by atoms with van der Waals surface area (Å²) in [5, 5.41) is 12.4. The van der Waals surface area contributed by atoms with Gasteiger partial charge >= 0.3 is 0 Å². The Balaban J connectivity index is 1.84. The van der Waals surface area contributed by atoms with E-state index in [4.69, 9.17) is 4.74 Å². The smallest absolute Gasteiger partial charge is 0.233 e. The molecular formula is C17H22N4O2S. The van der Waals surface area contributed by atoms with Crippen LogP contribution in [0.1, 0.15) is 26.2 Å². The summed E-state index contributed by atoms with van der Waals surface area (Å²) in [5.74, 6) is 1.73. The number of thioether (sulfide) groups is 1. The van der Waals surface area contributed by atoms with Crippen LogP contribution in [-0.4, -0.2) is 39.6 Å². The minimum Gasteiger partial charge on any atom is -0.497 e. The zero-order valence-corrected chi connectivity index (χ0v) is 14.8. The van der Waals surface area contributed by atoms with Gasteiger partial charge in [-0.25, -0.2) is 0 Å². The summed E-state index contributed by atoms with van der Waals surface area (Å²) in [6.45, 7) is 3.59. The van der Waals surface area contributed by atoms with Crippen LogP contribution < -0.4 is 10.1 Å². The molecule has 2 aromatic rings. The highest BCUT2D eigenvalue weighted by atomic mass is 32.2. The highest BCUT2D eigenvalue weighted by Gasteiger charge is 2.25. The molecule has 0 spiro atoms. The summed E-state index contributed by atoms with van der Waals surface area (Å²) in [4.78, 5) is 12.2. The number of methoxy groups -OCH3 is 1. The molecule has 3 rings (SSSR count). The van der Waals surface area contributed by atoms with Gasteiger partial charge in [-0.2, -0.15) is 0 Å². The molecule has 1 aromatic carbocycles. The highest BCUT2D eigenvalue weighted by molar-refractivity contribution is 8.00. The van der Waals surface area contributed by atoms with Gasteiger partial charge in [0.1, 0.15) is 5.75 Å². The molecule has 1 aliphatic rings. The molecule has 7 heteroatoms. The predicted molar refractivity (Wildman–Crippen MR) is 94.2 cm³/mol. The number of hydrogen-bond acceptors (Lipinski definition) is 5. The molecule has 1 N–H and O–H groups in total. The average molecular weight is 346 g/mol. The van der Waals surface area contributed by atoms with Crippen LogP contribution in [0.4, 0.5) is 0 Å². The maximum absolute atomic E-state index is 12.2. The summed E-state index contributed by atoms with van der Waals surface area (Å²) in [6, 6.07) is 7.77. The van der Waals surface area contributed by atoms with Gasteiger partial charge in [0, 0.05) is 18.7 Å². The minimum atomic E-state index is -0.0919. The van der Waals surface area contributed by atoms with E-state index in [0.29, 0.717) is 0 Å². The van der Waals surface area contributed by atoms with Gasteiger partial charge in [-0.15, -0.1) is 10.2 Å². The van der Waals surface area contributed by atoms with Crippen molar-refractivity contribution in [3.8, 4) is 17.1 Å². The molecule has 0 unspecified atom stereocenters. The molecule has 1 aliphatic heterocycles. The monoisotopic (exact) mass is 346 g/mol. The number of benzene rings is 1. The van der Waals surface area contributed by atoms with E-state index in [9.17, 15) is 4.79 Å². The normalized spacial score (nSPS) is 18.1.